The molecule has 0 aliphatic carbocycles. The molecule has 32 heavy (non-hydrogen) atoms. The Morgan fingerprint density at radius 2 is 1.50 bits per heavy atom. The van der Waals surface area contributed by atoms with E-state index in [2.05, 4.69) is 18.7 Å². The fraction of sp³-hybridized carbons (Fsp3) is 0.905. The molecule has 11 heteroatoms. The van der Waals surface area contributed by atoms with Crippen LogP contribution in [0.3, 0.4) is 0 Å². The maximum atomic E-state index is 12.1. The molecule has 0 fully saturated rings. The Balaban J connectivity index is -0.000000738. The van der Waals surface area contributed by atoms with Gasteiger partial charge in [0.2, 0.25) is 0 Å². The summed E-state index contributed by atoms with van der Waals surface area (Å²) in [6, 6.07) is 0. The van der Waals surface area contributed by atoms with Gasteiger partial charge in [-0.1, -0.05) is 42.0 Å². The fourth-order valence-electron chi connectivity index (χ4n) is 1.69. The molecular weight excluding hydrogens is 426 g/mol. The van der Waals surface area contributed by atoms with Crippen molar-refractivity contribution in [2.75, 3.05) is 26.9 Å². The number of hydrogen-bond donors (Lipinski definition) is 0. The first kappa shape index (κ1) is 37.2. The van der Waals surface area contributed by atoms with E-state index in [0.717, 1.165) is 0 Å². The Kier molecular flexibility index (Phi) is 24.1. The summed E-state index contributed by atoms with van der Waals surface area (Å²) in [6.45, 7) is 11.8. The van der Waals surface area contributed by atoms with Crippen LogP contribution in [0.2, 0.25) is 0 Å². The highest BCUT2D eigenvalue weighted by molar-refractivity contribution is 5.78. The second-order valence-electron chi connectivity index (χ2n) is 7.02. The number of esters is 1. The zero-order chi connectivity index (χ0) is 23.7. The SMILES string of the molecule is C.C.CCC.CCC(COC(=O)OC(C)CO[N+](=O)[O-])OC(C)(C)C(=O)OCC(C)OC. The summed E-state index contributed by atoms with van der Waals surface area (Å²) >= 11 is 0. The summed E-state index contributed by atoms with van der Waals surface area (Å²) in [5.41, 5.74) is -1.26. The van der Waals surface area contributed by atoms with Crippen LogP contribution in [-0.4, -0.2) is 68.1 Å². The predicted molar refractivity (Wildman–Crippen MR) is 121 cm³/mol. The third kappa shape index (κ3) is 19.8. The van der Waals surface area contributed by atoms with Crippen LogP contribution in [0.4, 0.5) is 4.79 Å². The molecule has 0 bridgehead atoms. The lowest BCUT2D eigenvalue weighted by atomic mass is 10.1. The summed E-state index contributed by atoms with van der Waals surface area (Å²) < 4.78 is 25.6. The van der Waals surface area contributed by atoms with Crippen molar-refractivity contribution in [3.63, 3.8) is 0 Å². The van der Waals surface area contributed by atoms with Crippen LogP contribution >= 0.6 is 0 Å². The summed E-state index contributed by atoms with van der Waals surface area (Å²) in [4.78, 5) is 37.9. The van der Waals surface area contributed by atoms with Gasteiger partial charge >= 0.3 is 12.1 Å². The average Bonchev–Trinajstić information content (AvgIpc) is 2.67. The summed E-state index contributed by atoms with van der Waals surface area (Å²) in [5.74, 6) is -0.571. The largest absolute Gasteiger partial charge is 0.508 e. The molecule has 0 spiro atoms. The number of rotatable bonds is 13. The first-order valence-electron chi connectivity index (χ1n) is 9.91. The normalized spacial score (nSPS) is 12.9. The quantitative estimate of drug-likeness (QED) is 0.213. The van der Waals surface area contributed by atoms with E-state index >= 15 is 0 Å². The molecule has 0 aromatic rings. The third-order valence-corrected chi connectivity index (χ3v) is 3.36. The van der Waals surface area contributed by atoms with E-state index < -0.39 is 41.6 Å². The summed E-state index contributed by atoms with van der Waals surface area (Å²) in [5, 5.41) is 9.10. The minimum Gasteiger partial charge on any atom is -0.461 e. The van der Waals surface area contributed by atoms with Crippen LogP contribution in [0.5, 0.6) is 0 Å². The van der Waals surface area contributed by atoms with Gasteiger partial charge in [0, 0.05) is 7.11 Å². The maximum Gasteiger partial charge on any atom is 0.508 e. The Hall–Kier alpha value is -2.14. The Labute approximate surface area is 193 Å². The first-order chi connectivity index (χ1) is 13.9. The molecule has 0 saturated carbocycles. The average molecular weight is 472 g/mol. The van der Waals surface area contributed by atoms with Crippen LogP contribution in [0, 0.1) is 10.1 Å². The van der Waals surface area contributed by atoms with E-state index in [-0.39, 0.29) is 34.2 Å². The molecule has 0 aliphatic heterocycles. The molecule has 0 aromatic carbocycles. The van der Waals surface area contributed by atoms with Gasteiger partial charge in [0.15, 0.2) is 5.60 Å². The highest BCUT2D eigenvalue weighted by Crippen LogP contribution is 2.17. The van der Waals surface area contributed by atoms with Crippen molar-refractivity contribution in [2.24, 2.45) is 0 Å². The highest BCUT2D eigenvalue weighted by Gasteiger charge is 2.34. The van der Waals surface area contributed by atoms with Gasteiger partial charge in [-0.15, -0.1) is 10.1 Å². The lowest BCUT2D eigenvalue weighted by Gasteiger charge is -2.28. The number of methoxy groups -OCH3 is 1. The molecule has 0 aromatic heterocycles. The minimum atomic E-state index is -1.26. The van der Waals surface area contributed by atoms with E-state index in [4.69, 9.17) is 23.7 Å². The van der Waals surface area contributed by atoms with E-state index in [1.165, 1.54) is 20.5 Å². The molecular formula is C21H45NO10. The number of ether oxygens (including phenoxy) is 5. The van der Waals surface area contributed by atoms with Crippen molar-refractivity contribution in [2.45, 2.75) is 100 Å². The minimum absolute atomic E-state index is 0. The molecule has 0 heterocycles. The predicted octanol–water partition coefficient (Wildman–Crippen LogP) is 4.58. The molecule has 0 aliphatic rings. The Bertz CT molecular complexity index is 499. The van der Waals surface area contributed by atoms with Crippen LogP contribution < -0.4 is 0 Å². The van der Waals surface area contributed by atoms with Gasteiger partial charge < -0.3 is 28.5 Å². The Morgan fingerprint density at radius 1 is 0.969 bits per heavy atom. The summed E-state index contributed by atoms with van der Waals surface area (Å²) in [7, 11) is 1.51. The van der Waals surface area contributed by atoms with Crippen LogP contribution in [0.1, 0.15) is 76.2 Å². The van der Waals surface area contributed by atoms with Gasteiger partial charge in [-0.25, -0.2) is 9.59 Å². The molecule has 0 amide bonds. The van der Waals surface area contributed by atoms with Crippen molar-refractivity contribution in [3.8, 4) is 0 Å². The second-order valence-corrected chi connectivity index (χ2v) is 7.02. The smallest absolute Gasteiger partial charge is 0.461 e. The second kappa shape index (κ2) is 20.7. The van der Waals surface area contributed by atoms with E-state index in [9.17, 15) is 19.7 Å². The highest BCUT2D eigenvalue weighted by atomic mass is 17.0. The fourth-order valence-corrected chi connectivity index (χ4v) is 1.69. The van der Waals surface area contributed by atoms with Crippen LogP contribution in [-0.2, 0) is 33.3 Å². The van der Waals surface area contributed by atoms with Gasteiger partial charge in [0.05, 0.1) is 12.2 Å². The molecule has 0 rings (SSSR count). The van der Waals surface area contributed by atoms with Gasteiger partial charge in [-0.05, 0) is 34.1 Å². The lowest BCUT2D eigenvalue weighted by molar-refractivity contribution is -0.759. The van der Waals surface area contributed by atoms with E-state index in [1.807, 2.05) is 0 Å². The zero-order valence-corrected chi connectivity index (χ0v) is 19.3. The molecule has 194 valence electrons. The third-order valence-electron chi connectivity index (χ3n) is 3.36. The van der Waals surface area contributed by atoms with Gasteiger partial charge in [-0.2, -0.15) is 0 Å². The number of hydrogen-bond acceptors (Lipinski definition) is 10. The van der Waals surface area contributed by atoms with E-state index in [1.54, 1.807) is 27.7 Å². The standard InChI is InChI=1S/C16H29NO10.C3H8.2CH4/c1-7-13(10-24-15(19)26-12(3)9-25-17(20)21)27-16(4,5)14(18)23-8-11(2)22-6;1-3-2;;/h11-13H,7-10H2,1-6H3;3H2,1-2H3;2*1H4. The van der Waals surface area contributed by atoms with Gasteiger partial charge in [-0.3, -0.25) is 0 Å². The van der Waals surface area contributed by atoms with Crippen molar-refractivity contribution in [1.29, 1.82) is 0 Å². The van der Waals surface area contributed by atoms with Crippen LogP contribution in [0.25, 0.3) is 0 Å². The summed E-state index contributed by atoms with van der Waals surface area (Å²) in [6.07, 6.45) is -1.00. The first-order valence-corrected chi connectivity index (χ1v) is 9.91. The molecule has 0 N–H and O–H groups in total. The van der Waals surface area contributed by atoms with Crippen molar-refractivity contribution in [3.05, 3.63) is 10.1 Å². The van der Waals surface area contributed by atoms with Crippen molar-refractivity contribution < 1.29 is 43.2 Å². The Morgan fingerprint density at radius 3 is 1.94 bits per heavy atom. The molecule has 3 unspecified atom stereocenters. The van der Waals surface area contributed by atoms with Gasteiger partial charge in [0.1, 0.15) is 25.9 Å². The van der Waals surface area contributed by atoms with Crippen LogP contribution in [0.15, 0.2) is 0 Å². The molecule has 11 nitrogen and oxygen atoms in total. The zero-order valence-electron chi connectivity index (χ0n) is 19.3. The monoisotopic (exact) mass is 471 g/mol. The van der Waals surface area contributed by atoms with Gasteiger partial charge in [0.25, 0.3) is 5.09 Å². The molecule has 0 saturated heterocycles. The molecule has 3 atom stereocenters. The maximum absolute atomic E-state index is 12.1. The van der Waals surface area contributed by atoms with Crippen molar-refractivity contribution >= 4 is 12.1 Å². The number of carbonyl (C=O) groups is 2. The topological polar surface area (TPSA) is 133 Å². The lowest BCUT2D eigenvalue weighted by Crippen LogP contribution is -2.42. The van der Waals surface area contributed by atoms with E-state index in [0.29, 0.717) is 6.42 Å². The number of carbonyl (C=O) groups excluding carboxylic acids is 2. The number of nitrogens with zero attached hydrogens (tertiary/aromatic N) is 1. The van der Waals surface area contributed by atoms with Crippen molar-refractivity contribution in [1.82, 2.24) is 0 Å². The molecule has 0 radical (unpaired) electrons.